The summed E-state index contributed by atoms with van der Waals surface area (Å²) in [6.45, 7) is 7.64. The van der Waals surface area contributed by atoms with Gasteiger partial charge in [0.25, 0.3) is 0 Å². The molecule has 7 nitrogen and oxygen atoms in total. The van der Waals surface area contributed by atoms with Gasteiger partial charge in [0.05, 0.1) is 0 Å². The van der Waals surface area contributed by atoms with Gasteiger partial charge >= 0.3 is 0 Å². The summed E-state index contributed by atoms with van der Waals surface area (Å²) in [4.78, 5) is 18.4. The molecule has 0 bridgehead atoms. The zero-order valence-corrected chi connectivity index (χ0v) is 33.6. The van der Waals surface area contributed by atoms with E-state index in [1.54, 1.807) is 0 Å². The molecule has 50 heavy (non-hydrogen) atoms. The van der Waals surface area contributed by atoms with Crippen molar-refractivity contribution in [1.29, 1.82) is 0 Å². The molecule has 2 fully saturated rings. The Morgan fingerprint density at radius 1 is 0.580 bits per heavy atom. The standard InChI is InChI=1S/C43H84N2O5/c1-4-5-6-7-16-21-31-41(46)45(35-28-34-44(2)3)40(29-19-14-10-8-12-17-24-36-47-42-32-22-26-38-49-42)30-20-15-11-9-13-18-25-37-48-43-33-23-27-39-50-43/h40,42-43H,4-39H2,1-3H3. The molecule has 2 aliphatic rings. The summed E-state index contributed by atoms with van der Waals surface area (Å²) in [7, 11) is 4.30. The van der Waals surface area contributed by atoms with Crippen LogP contribution in [0.25, 0.3) is 0 Å². The van der Waals surface area contributed by atoms with E-state index in [9.17, 15) is 4.79 Å². The molecule has 2 heterocycles. The van der Waals surface area contributed by atoms with E-state index in [2.05, 4.69) is 30.8 Å². The van der Waals surface area contributed by atoms with Crippen LogP contribution < -0.4 is 0 Å². The van der Waals surface area contributed by atoms with Crippen LogP contribution in [0, 0.1) is 0 Å². The molecule has 2 saturated heterocycles. The lowest BCUT2D eigenvalue weighted by Crippen LogP contribution is -2.41. The summed E-state index contributed by atoms with van der Waals surface area (Å²) in [5.74, 6) is 0.422. The lowest BCUT2D eigenvalue weighted by Gasteiger charge is -2.33. The quantitative estimate of drug-likeness (QED) is 0.0620. The van der Waals surface area contributed by atoms with Crippen molar-refractivity contribution in [3.05, 3.63) is 0 Å². The van der Waals surface area contributed by atoms with Crippen LogP contribution in [-0.4, -0.2) is 87.9 Å². The molecule has 0 N–H and O–H groups in total. The highest BCUT2D eigenvalue weighted by atomic mass is 16.7. The average Bonchev–Trinajstić information content (AvgIpc) is 3.13. The SMILES string of the molecule is CCCCCCCCC(=O)N(CCCN(C)C)C(CCCCCCCCCOC1CCCCO1)CCCCCCCCCOC1CCCCO1. The first kappa shape index (κ1) is 45.4. The highest BCUT2D eigenvalue weighted by molar-refractivity contribution is 5.76. The first-order valence-electron chi connectivity index (χ1n) is 22.0. The number of nitrogens with zero attached hydrogens (tertiary/aromatic N) is 2. The van der Waals surface area contributed by atoms with Crippen molar-refractivity contribution >= 4 is 5.91 Å². The molecule has 0 aliphatic carbocycles. The van der Waals surface area contributed by atoms with Crippen molar-refractivity contribution in [3.8, 4) is 0 Å². The molecule has 0 aromatic heterocycles. The van der Waals surface area contributed by atoms with E-state index in [1.807, 2.05) is 0 Å². The molecule has 1 amide bonds. The number of amides is 1. The van der Waals surface area contributed by atoms with Crippen molar-refractivity contribution in [2.75, 3.05) is 53.6 Å². The molecular formula is C43H84N2O5. The fourth-order valence-electron chi connectivity index (χ4n) is 7.57. The second-order valence-corrected chi connectivity index (χ2v) is 15.8. The van der Waals surface area contributed by atoms with Gasteiger partial charge in [-0.15, -0.1) is 0 Å². The van der Waals surface area contributed by atoms with Crippen molar-refractivity contribution in [2.24, 2.45) is 0 Å². The molecule has 0 spiro atoms. The first-order valence-corrected chi connectivity index (χ1v) is 22.0. The summed E-state index contributed by atoms with van der Waals surface area (Å²) >= 11 is 0. The average molecular weight is 709 g/mol. The van der Waals surface area contributed by atoms with Gasteiger partial charge in [-0.05, 0) is 97.7 Å². The fourth-order valence-corrected chi connectivity index (χ4v) is 7.57. The normalized spacial score (nSPS) is 18.9. The Morgan fingerprint density at radius 3 is 1.50 bits per heavy atom. The Labute approximate surface area is 310 Å². The van der Waals surface area contributed by atoms with Gasteiger partial charge in [0.2, 0.25) is 5.91 Å². The molecule has 2 aliphatic heterocycles. The van der Waals surface area contributed by atoms with Gasteiger partial charge in [-0.3, -0.25) is 4.79 Å². The van der Waals surface area contributed by atoms with Crippen LogP contribution in [0.3, 0.4) is 0 Å². The monoisotopic (exact) mass is 709 g/mol. The molecule has 0 saturated carbocycles. The Balaban J connectivity index is 1.71. The maximum atomic E-state index is 13.7. The third-order valence-electron chi connectivity index (χ3n) is 10.8. The van der Waals surface area contributed by atoms with Gasteiger partial charge in [0.1, 0.15) is 0 Å². The number of unbranched alkanes of at least 4 members (excludes halogenated alkanes) is 17. The number of rotatable bonds is 34. The van der Waals surface area contributed by atoms with E-state index >= 15 is 0 Å². The van der Waals surface area contributed by atoms with Gasteiger partial charge in [-0.25, -0.2) is 0 Å². The second-order valence-electron chi connectivity index (χ2n) is 15.8. The van der Waals surface area contributed by atoms with Crippen molar-refractivity contribution in [1.82, 2.24) is 9.80 Å². The molecule has 7 heteroatoms. The molecule has 0 aromatic rings. The minimum atomic E-state index is 0.0500. The van der Waals surface area contributed by atoms with Gasteiger partial charge < -0.3 is 28.7 Å². The van der Waals surface area contributed by atoms with E-state index in [0.717, 1.165) is 84.5 Å². The maximum Gasteiger partial charge on any atom is 0.222 e. The number of carbonyl (C=O) groups is 1. The molecule has 2 atom stereocenters. The van der Waals surface area contributed by atoms with E-state index < -0.39 is 0 Å². The first-order chi connectivity index (χ1) is 24.6. The second kappa shape index (κ2) is 32.9. The zero-order chi connectivity index (χ0) is 35.7. The molecule has 0 radical (unpaired) electrons. The van der Waals surface area contributed by atoms with Gasteiger partial charge in [0.15, 0.2) is 12.6 Å². The molecule has 2 unspecified atom stereocenters. The Bertz CT molecular complexity index is 703. The van der Waals surface area contributed by atoms with Gasteiger partial charge in [-0.2, -0.15) is 0 Å². The maximum absolute atomic E-state index is 13.7. The third kappa shape index (κ3) is 25.3. The number of carbonyl (C=O) groups excluding carboxylic acids is 1. The van der Waals surface area contributed by atoms with Crippen molar-refractivity contribution in [3.63, 3.8) is 0 Å². The van der Waals surface area contributed by atoms with Crippen LogP contribution in [-0.2, 0) is 23.7 Å². The van der Waals surface area contributed by atoms with Crippen LogP contribution in [0.15, 0.2) is 0 Å². The van der Waals surface area contributed by atoms with Crippen LogP contribution >= 0.6 is 0 Å². The summed E-state index contributed by atoms with van der Waals surface area (Å²) in [5.41, 5.74) is 0. The Morgan fingerprint density at radius 2 is 1.04 bits per heavy atom. The number of ether oxygens (including phenoxy) is 4. The topological polar surface area (TPSA) is 60.5 Å². The highest BCUT2D eigenvalue weighted by Crippen LogP contribution is 2.22. The lowest BCUT2D eigenvalue weighted by molar-refractivity contribution is -0.163. The summed E-state index contributed by atoms with van der Waals surface area (Å²) in [5, 5.41) is 0. The highest BCUT2D eigenvalue weighted by Gasteiger charge is 2.23. The fraction of sp³-hybridized carbons (Fsp3) is 0.977. The third-order valence-corrected chi connectivity index (χ3v) is 10.8. The summed E-state index contributed by atoms with van der Waals surface area (Å²) in [6, 6.07) is 0.406. The minimum Gasteiger partial charge on any atom is -0.353 e. The molecule has 2 rings (SSSR count). The lowest BCUT2D eigenvalue weighted by atomic mass is 9.97. The number of hydrogen-bond donors (Lipinski definition) is 0. The van der Waals surface area contributed by atoms with Crippen molar-refractivity contribution < 1.29 is 23.7 Å². The molecule has 296 valence electrons. The minimum absolute atomic E-state index is 0.0500. The summed E-state index contributed by atoms with van der Waals surface area (Å²) < 4.78 is 23.2. The van der Waals surface area contributed by atoms with Crippen LogP contribution in [0.2, 0.25) is 0 Å². The van der Waals surface area contributed by atoms with E-state index in [0.29, 0.717) is 11.9 Å². The zero-order valence-electron chi connectivity index (χ0n) is 33.6. The van der Waals surface area contributed by atoms with Crippen LogP contribution in [0.5, 0.6) is 0 Å². The Hall–Kier alpha value is -0.730. The smallest absolute Gasteiger partial charge is 0.222 e. The van der Waals surface area contributed by atoms with Crippen molar-refractivity contribution in [2.45, 2.75) is 218 Å². The van der Waals surface area contributed by atoms with Gasteiger partial charge in [-0.1, -0.05) is 116 Å². The molecule has 0 aromatic carbocycles. The van der Waals surface area contributed by atoms with Gasteiger partial charge in [0, 0.05) is 45.4 Å². The van der Waals surface area contributed by atoms with E-state index in [1.165, 1.54) is 148 Å². The predicted octanol–water partition coefficient (Wildman–Crippen LogP) is 11.2. The largest absolute Gasteiger partial charge is 0.353 e. The predicted molar refractivity (Wildman–Crippen MR) is 210 cm³/mol. The van der Waals surface area contributed by atoms with E-state index in [4.69, 9.17) is 18.9 Å². The Kier molecular flexibility index (Phi) is 29.9. The number of hydrogen-bond acceptors (Lipinski definition) is 6. The molecular weight excluding hydrogens is 624 g/mol. The van der Waals surface area contributed by atoms with Crippen LogP contribution in [0.1, 0.15) is 200 Å². The van der Waals surface area contributed by atoms with E-state index in [-0.39, 0.29) is 12.6 Å². The van der Waals surface area contributed by atoms with Crippen LogP contribution in [0.4, 0.5) is 0 Å². The summed E-state index contributed by atoms with van der Waals surface area (Å²) in [6.07, 6.45) is 36.3.